The van der Waals surface area contributed by atoms with Crippen LogP contribution in [0.2, 0.25) is 0 Å². The summed E-state index contributed by atoms with van der Waals surface area (Å²) in [6.07, 6.45) is 11.0. The second-order valence-electron chi connectivity index (χ2n) is 7.45. The molecule has 0 bridgehead atoms. The van der Waals surface area contributed by atoms with Gasteiger partial charge in [0.1, 0.15) is 0 Å². The highest BCUT2D eigenvalue weighted by Gasteiger charge is 2.41. The van der Waals surface area contributed by atoms with E-state index in [9.17, 15) is 4.79 Å². The second kappa shape index (κ2) is 7.30. The fraction of sp³-hybridized carbons (Fsp3) is 0.500. The molecule has 2 aromatic rings. The van der Waals surface area contributed by atoms with Crippen molar-refractivity contribution in [2.75, 3.05) is 6.54 Å². The van der Waals surface area contributed by atoms with Gasteiger partial charge in [-0.1, -0.05) is 24.3 Å². The molecule has 2 saturated carbocycles. The van der Waals surface area contributed by atoms with Gasteiger partial charge in [-0.15, -0.1) is 0 Å². The van der Waals surface area contributed by atoms with Crippen LogP contribution in [0.5, 0.6) is 0 Å². The fourth-order valence-electron chi connectivity index (χ4n) is 3.58. The second-order valence-corrected chi connectivity index (χ2v) is 7.45. The number of carbonyl (C=O) groups excluding carboxylic acids is 1. The molecule has 0 saturated heterocycles. The Morgan fingerprint density at radius 2 is 1.76 bits per heavy atom. The molecule has 0 atom stereocenters. The highest BCUT2D eigenvalue weighted by atomic mass is 16.2. The van der Waals surface area contributed by atoms with E-state index in [0.29, 0.717) is 12.5 Å². The van der Waals surface area contributed by atoms with Crippen LogP contribution in [-0.4, -0.2) is 22.1 Å². The van der Waals surface area contributed by atoms with Crippen molar-refractivity contribution in [1.29, 1.82) is 0 Å². The molecule has 0 unspecified atom stereocenters. The number of carbonyl (C=O) groups is 1. The van der Waals surface area contributed by atoms with Crippen LogP contribution in [0, 0.1) is 17.8 Å². The van der Waals surface area contributed by atoms with Crippen LogP contribution in [0.3, 0.4) is 0 Å². The molecule has 132 valence electrons. The summed E-state index contributed by atoms with van der Waals surface area (Å²) in [5.74, 6) is 2.46. The number of nitrogens with one attached hydrogen (secondary N) is 2. The van der Waals surface area contributed by atoms with Gasteiger partial charge >= 0.3 is 6.03 Å². The summed E-state index contributed by atoms with van der Waals surface area (Å²) in [4.78, 5) is 16.1. The Bertz CT molecular complexity index is 675. The summed E-state index contributed by atoms with van der Waals surface area (Å²) < 4.78 is 2.04. The first-order chi connectivity index (χ1) is 12.3. The molecule has 0 spiro atoms. The largest absolute Gasteiger partial charge is 0.338 e. The van der Waals surface area contributed by atoms with Gasteiger partial charge in [0.2, 0.25) is 0 Å². The van der Waals surface area contributed by atoms with Crippen molar-refractivity contribution in [3.8, 4) is 0 Å². The third-order valence-electron chi connectivity index (χ3n) is 5.35. The lowest BCUT2D eigenvalue weighted by Gasteiger charge is -2.16. The molecule has 5 heteroatoms. The van der Waals surface area contributed by atoms with Crippen LogP contribution in [0.4, 0.5) is 4.79 Å². The van der Waals surface area contributed by atoms with Gasteiger partial charge in [0.15, 0.2) is 0 Å². The quantitative estimate of drug-likeness (QED) is 0.777. The van der Waals surface area contributed by atoms with Crippen molar-refractivity contribution in [2.45, 2.75) is 38.8 Å². The summed E-state index contributed by atoms with van der Waals surface area (Å²) in [7, 11) is 0. The number of nitrogens with zero attached hydrogens (tertiary/aromatic N) is 2. The normalized spacial score (nSPS) is 16.8. The molecule has 1 aromatic carbocycles. The van der Waals surface area contributed by atoms with Gasteiger partial charge in [0.05, 0.1) is 6.33 Å². The zero-order valence-corrected chi connectivity index (χ0v) is 14.5. The lowest BCUT2D eigenvalue weighted by molar-refractivity contribution is 0.236. The molecule has 4 rings (SSSR count). The van der Waals surface area contributed by atoms with Gasteiger partial charge in [-0.25, -0.2) is 9.78 Å². The molecule has 2 aliphatic carbocycles. The Balaban J connectivity index is 1.20. The van der Waals surface area contributed by atoms with E-state index in [4.69, 9.17) is 0 Å². The summed E-state index contributed by atoms with van der Waals surface area (Å²) >= 11 is 0. The maximum atomic E-state index is 12.1. The van der Waals surface area contributed by atoms with E-state index in [-0.39, 0.29) is 6.03 Å². The van der Waals surface area contributed by atoms with Crippen LogP contribution < -0.4 is 10.6 Å². The lowest BCUT2D eigenvalue weighted by Crippen LogP contribution is -2.38. The smallest absolute Gasteiger partial charge is 0.315 e. The molecular weight excluding hydrogens is 312 g/mol. The zero-order valence-electron chi connectivity index (χ0n) is 14.5. The van der Waals surface area contributed by atoms with E-state index < -0.39 is 0 Å². The van der Waals surface area contributed by atoms with Crippen LogP contribution in [-0.2, 0) is 13.1 Å². The van der Waals surface area contributed by atoms with Crippen LogP contribution in [0.1, 0.15) is 36.8 Å². The predicted molar refractivity (Wildman–Crippen MR) is 96.9 cm³/mol. The standard InChI is InChI=1S/C20H26N4O/c25-20(23-12-19(17-5-6-17)18-7-8-18)22-11-15-1-3-16(4-2-15)13-24-10-9-21-14-24/h1-4,9-10,14,17-19H,5-8,11-13H2,(H2,22,23,25). The van der Waals surface area contributed by atoms with Gasteiger partial charge in [-0.3, -0.25) is 0 Å². The first-order valence-corrected chi connectivity index (χ1v) is 9.33. The minimum absolute atomic E-state index is 0.0474. The summed E-state index contributed by atoms with van der Waals surface area (Å²) in [6.45, 7) is 2.22. The van der Waals surface area contributed by atoms with Crippen molar-refractivity contribution in [2.24, 2.45) is 17.8 Å². The number of rotatable bonds is 8. The number of hydrogen-bond acceptors (Lipinski definition) is 2. The van der Waals surface area contributed by atoms with Gasteiger partial charge in [0.25, 0.3) is 0 Å². The number of hydrogen-bond donors (Lipinski definition) is 2. The SMILES string of the molecule is O=C(NCc1ccc(Cn2ccnc2)cc1)NCC(C1CC1)C1CC1. The highest BCUT2D eigenvalue weighted by molar-refractivity contribution is 5.73. The maximum Gasteiger partial charge on any atom is 0.315 e. The van der Waals surface area contributed by atoms with Crippen molar-refractivity contribution in [3.05, 3.63) is 54.1 Å². The third kappa shape index (κ3) is 4.62. The van der Waals surface area contributed by atoms with E-state index in [1.54, 1.807) is 6.20 Å². The molecule has 0 aliphatic heterocycles. The Labute approximate surface area is 148 Å². The number of benzene rings is 1. The molecule has 1 aromatic heterocycles. The topological polar surface area (TPSA) is 59.0 Å². The summed E-state index contributed by atoms with van der Waals surface area (Å²) in [5, 5.41) is 6.05. The zero-order chi connectivity index (χ0) is 17.1. The molecule has 0 radical (unpaired) electrons. The van der Waals surface area contributed by atoms with E-state index in [1.165, 1.54) is 31.2 Å². The average Bonchev–Trinajstić information content (AvgIpc) is 3.56. The van der Waals surface area contributed by atoms with Crippen molar-refractivity contribution in [3.63, 3.8) is 0 Å². The van der Waals surface area contributed by atoms with E-state index in [1.807, 2.05) is 17.1 Å². The molecule has 25 heavy (non-hydrogen) atoms. The monoisotopic (exact) mass is 338 g/mol. The number of urea groups is 1. The summed E-state index contributed by atoms with van der Waals surface area (Å²) in [6, 6.07) is 8.30. The number of imidazole rings is 1. The predicted octanol–water partition coefficient (Wildman–Crippen LogP) is 3.17. The molecule has 2 N–H and O–H groups in total. The van der Waals surface area contributed by atoms with Gasteiger partial charge in [-0.05, 0) is 54.6 Å². The summed E-state index contributed by atoms with van der Waals surface area (Å²) in [5.41, 5.74) is 2.34. The Morgan fingerprint density at radius 1 is 1.08 bits per heavy atom. The minimum atomic E-state index is -0.0474. The number of aromatic nitrogens is 2. The van der Waals surface area contributed by atoms with E-state index >= 15 is 0 Å². The molecule has 1 heterocycles. The first-order valence-electron chi connectivity index (χ1n) is 9.33. The fourth-order valence-corrected chi connectivity index (χ4v) is 3.58. The molecular formula is C20H26N4O. The first kappa shape index (κ1) is 16.2. The number of amides is 2. The highest BCUT2D eigenvalue weighted by Crippen LogP contribution is 2.48. The Kier molecular flexibility index (Phi) is 4.72. The van der Waals surface area contributed by atoms with E-state index in [2.05, 4.69) is 39.9 Å². The van der Waals surface area contributed by atoms with Crippen molar-refractivity contribution >= 4 is 6.03 Å². The molecule has 2 amide bonds. The average molecular weight is 338 g/mol. The van der Waals surface area contributed by atoms with Gasteiger partial charge in [-0.2, -0.15) is 0 Å². The van der Waals surface area contributed by atoms with Crippen molar-refractivity contribution < 1.29 is 4.79 Å². The van der Waals surface area contributed by atoms with Crippen LogP contribution in [0.25, 0.3) is 0 Å². The Morgan fingerprint density at radius 3 is 2.36 bits per heavy atom. The van der Waals surface area contributed by atoms with Gasteiger partial charge < -0.3 is 15.2 Å². The Hall–Kier alpha value is -2.30. The van der Waals surface area contributed by atoms with Gasteiger partial charge in [0, 0.05) is 32.0 Å². The molecule has 2 fully saturated rings. The maximum absolute atomic E-state index is 12.1. The third-order valence-corrected chi connectivity index (χ3v) is 5.35. The molecule has 2 aliphatic rings. The van der Waals surface area contributed by atoms with Crippen LogP contribution >= 0.6 is 0 Å². The lowest BCUT2D eigenvalue weighted by atomic mass is 9.98. The van der Waals surface area contributed by atoms with Crippen molar-refractivity contribution in [1.82, 2.24) is 20.2 Å². The molecule has 5 nitrogen and oxygen atoms in total. The van der Waals surface area contributed by atoms with E-state index in [0.717, 1.165) is 30.5 Å². The van der Waals surface area contributed by atoms with Crippen LogP contribution in [0.15, 0.2) is 43.0 Å². The minimum Gasteiger partial charge on any atom is -0.338 e.